The molecule has 0 saturated carbocycles. The summed E-state index contributed by atoms with van der Waals surface area (Å²) in [6.45, 7) is 2.75. The first-order valence-electron chi connectivity index (χ1n) is 7.07. The Balaban J connectivity index is 1.65. The van der Waals surface area contributed by atoms with Crippen LogP contribution in [-0.2, 0) is 0 Å². The first kappa shape index (κ1) is 14.7. The predicted octanol–water partition coefficient (Wildman–Crippen LogP) is 2.40. The van der Waals surface area contributed by atoms with E-state index in [-0.39, 0.29) is 11.7 Å². The summed E-state index contributed by atoms with van der Waals surface area (Å²) in [7, 11) is 0. The summed E-state index contributed by atoms with van der Waals surface area (Å²) in [5.41, 5.74) is 1.48. The Morgan fingerprint density at radius 2 is 1.91 bits per heavy atom. The number of carbonyl (C=O) groups is 1. The zero-order valence-corrected chi connectivity index (χ0v) is 12.7. The largest absolute Gasteiger partial charge is 0.506 e. The van der Waals surface area contributed by atoms with Gasteiger partial charge in [-0.25, -0.2) is 0 Å². The molecule has 1 aliphatic rings. The van der Waals surface area contributed by atoms with Crippen molar-refractivity contribution in [3.05, 3.63) is 53.3 Å². The topological polar surface area (TPSA) is 56.7 Å². The van der Waals surface area contributed by atoms with Gasteiger partial charge in [0.15, 0.2) is 0 Å². The molecule has 114 valence electrons. The third-order valence-electron chi connectivity index (χ3n) is 3.71. The third kappa shape index (κ3) is 3.14. The number of aromatic nitrogens is 1. The van der Waals surface area contributed by atoms with Gasteiger partial charge < -0.3 is 14.9 Å². The molecule has 0 atom stereocenters. The molecule has 0 aliphatic carbocycles. The summed E-state index contributed by atoms with van der Waals surface area (Å²) in [5, 5.41) is 10.1. The number of piperazine rings is 1. The zero-order valence-electron chi connectivity index (χ0n) is 11.9. The van der Waals surface area contributed by atoms with Gasteiger partial charge in [0.2, 0.25) is 0 Å². The number of halogens is 1. The molecule has 2 heterocycles. The molecule has 1 amide bonds. The fraction of sp³-hybridized carbons (Fsp3) is 0.250. The van der Waals surface area contributed by atoms with Crippen LogP contribution in [0.4, 0.5) is 5.69 Å². The van der Waals surface area contributed by atoms with Crippen LogP contribution >= 0.6 is 11.6 Å². The minimum atomic E-state index is -0.103. The maximum Gasteiger partial charge on any atom is 0.255 e. The lowest BCUT2D eigenvalue weighted by atomic mass is 10.2. The molecule has 0 spiro atoms. The molecular formula is C16H16ClN3O2. The van der Waals surface area contributed by atoms with E-state index >= 15 is 0 Å². The molecule has 1 aliphatic heterocycles. The average molecular weight is 318 g/mol. The van der Waals surface area contributed by atoms with Gasteiger partial charge >= 0.3 is 0 Å². The summed E-state index contributed by atoms with van der Waals surface area (Å²) in [6.07, 6.45) is 2.79. The normalized spacial score (nSPS) is 15.0. The Labute approximate surface area is 133 Å². The van der Waals surface area contributed by atoms with Crippen molar-refractivity contribution in [2.24, 2.45) is 0 Å². The second-order valence-corrected chi connectivity index (χ2v) is 5.63. The summed E-state index contributed by atoms with van der Waals surface area (Å²) in [5.74, 6) is -0.0995. The van der Waals surface area contributed by atoms with E-state index in [1.807, 2.05) is 24.3 Å². The van der Waals surface area contributed by atoms with E-state index in [1.165, 1.54) is 18.5 Å². The molecule has 1 fully saturated rings. The highest BCUT2D eigenvalue weighted by atomic mass is 35.5. The molecule has 0 bridgehead atoms. The summed E-state index contributed by atoms with van der Waals surface area (Å²) in [4.78, 5) is 20.2. The van der Waals surface area contributed by atoms with Crippen molar-refractivity contribution in [1.29, 1.82) is 0 Å². The number of amides is 1. The molecule has 3 rings (SSSR count). The van der Waals surface area contributed by atoms with Gasteiger partial charge in [0.25, 0.3) is 5.91 Å². The number of aromatic hydroxyl groups is 1. The number of benzene rings is 1. The van der Waals surface area contributed by atoms with Gasteiger partial charge in [-0.3, -0.25) is 9.78 Å². The molecule has 1 aromatic heterocycles. The van der Waals surface area contributed by atoms with Crippen LogP contribution in [-0.4, -0.2) is 47.1 Å². The molecule has 0 radical (unpaired) electrons. The Morgan fingerprint density at radius 1 is 1.14 bits per heavy atom. The molecule has 1 saturated heterocycles. The maximum absolute atomic E-state index is 12.4. The molecule has 6 heteroatoms. The highest BCUT2D eigenvalue weighted by molar-refractivity contribution is 6.30. The van der Waals surface area contributed by atoms with Crippen molar-refractivity contribution in [1.82, 2.24) is 9.88 Å². The number of anilines is 1. The molecule has 0 unspecified atom stereocenters. The molecule has 2 aromatic rings. The van der Waals surface area contributed by atoms with Crippen LogP contribution < -0.4 is 4.90 Å². The smallest absolute Gasteiger partial charge is 0.255 e. The van der Waals surface area contributed by atoms with Crippen LogP contribution in [0.2, 0.25) is 5.02 Å². The van der Waals surface area contributed by atoms with Crippen LogP contribution in [0.15, 0.2) is 42.7 Å². The van der Waals surface area contributed by atoms with Crippen molar-refractivity contribution in [3.8, 4) is 5.75 Å². The minimum absolute atomic E-state index is 0.00316. The lowest BCUT2D eigenvalue weighted by Crippen LogP contribution is -2.48. The third-order valence-corrected chi connectivity index (χ3v) is 3.95. The van der Waals surface area contributed by atoms with Gasteiger partial charge in [0.1, 0.15) is 5.75 Å². The quantitative estimate of drug-likeness (QED) is 0.924. The second-order valence-electron chi connectivity index (χ2n) is 5.19. The molecule has 22 heavy (non-hydrogen) atoms. The molecule has 1 aromatic carbocycles. The summed E-state index contributed by atoms with van der Waals surface area (Å²) in [6, 6.07) is 9.16. The van der Waals surface area contributed by atoms with Crippen molar-refractivity contribution < 1.29 is 9.90 Å². The molecule has 1 N–H and O–H groups in total. The van der Waals surface area contributed by atoms with Crippen molar-refractivity contribution >= 4 is 23.2 Å². The first-order chi connectivity index (χ1) is 10.6. The Kier molecular flexibility index (Phi) is 4.15. The molecule has 5 nitrogen and oxygen atoms in total. The zero-order chi connectivity index (χ0) is 15.5. The van der Waals surface area contributed by atoms with Gasteiger partial charge in [-0.05, 0) is 24.3 Å². The van der Waals surface area contributed by atoms with Gasteiger partial charge in [0, 0.05) is 43.1 Å². The van der Waals surface area contributed by atoms with E-state index < -0.39 is 0 Å². The standard InChI is InChI=1S/C16H16ClN3O2/c17-13-2-1-3-14(9-13)19-4-6-20(7-5-19)16(22)12-8-15(21)11-18-10-12/h1-3,8-11,21H,4-7H2. The van der Waals surface area contributed by atoms with Crippen LogP contribution in [0, 0.1) is 0 Å². The van der Waals surface area contributed by atoms with Crippen molar-refractivity contribution in [3.63, 3.8) is 0 Å². The number of hydrogen-bond donors (Lipinski definition) is 1. The average Bonchev–Trinajstić information content (AvgIpc) is 2.54. The molecular weight excluding hydrogens is 302 g/mol. The lowest BCUT2D eigenvalue weighted by molar-refractivity contribution is 0.0746. The Morgan fingerprint density at radius 3 is 2.59 bits per heavy atom. The van der Waals surface area contributed by atoms with Crippen LogP contribution in [0.5, 0.6) is 5.75 Å². The fourth-order valence-electron chi connectivity index (χ4n) is 2.57. The number of pyridine rings is 1. The van der Waals surface area contributed by atoms with E-state index in [0.717, 1.165) is 18.8 Å². The van der Waals surface area contributed by atoms with Crippen LogP contribution in [0.3, 0.4) is 0 Å². The van der Waals surface area contributed by atoms with Crippen LogP contribution in [0.1, 0.15) is 10.4 Å². The number of nitrogens with zero attached hydrogens (tertiary/aromatic N) is 3. The van der Waals surface area contributed by atoms with Gasteiger partial charge in [-0.2, -0.15) is 0 Å². The van der Waals surface area contributed by atoms with E-state index in [4.69, 9.17) is 11.6 Å². The summed E-state index contributed by atoms with van der Waals surface area (Å²) >= 11 is 6.02. The van der Waals surface area contributed by atoms with E-state index in [1.54, 1.807) is 4.90 Å². The minimum Gasteiger partial charge on any atom is -0.506 e. The Bertz CT molecular complexity index is 685. The number of rotatable bonds is 2. The van der Waals surface area contributed by atoms with E-state index in [2.05, 4.69) is 9.88 Å². The number of hydrogen-bond acceptors (Lipinski definition) is 4. The van der Waals surface area contributed by atoms with E-state index in [9.17, 15) is 9.90 Å². The Hall–Kier alpha value is -2.27. The number of carbonyl (C=O) groups excluding carboxylic acids is 1. The monoisotopic (exact) mass is 317 g/mol. The van der Waals surface area contributed by atoms with Gasteiger partial charge in [-0.15, -0.1) is 0 Å². The highest BCUT2D eigenvalue weighted by Crippen LogP contribution is 2.21. The van der Waals surface area contributed by atoms with Gasteiger partial charge in [0.05, 0.1) is 11.8 Å². The fourth-order valence-corrected chi connectivity index (χ4v) is 2.75. The summed E-state index contributed by atoms with van der Waals surface area (Å²) < 4.78 is 0. The highest BCUT2D eigenvalue weighted by Gasteiger charge is 2.22. The van der Waals surface area contributed by atoms with Crippen molar-refractivity contribution in [2.75, 3.05) is 31.1 Å². The second kappa shape index (κ2) is 6.23. The maximum atomic E-state index is 12.4. The predicted molar refractivity (Wildman–Crippen MR) is 85.5 cm³/mol. The van der Waals surface area contributed by atoms with Crippen LogP contribution in [0.25, 0.3) is 0 Å². The van der Waals surface area contributed by atoms with Crippen molar-refractivity contribution in [2.45, 2.75) is 0 Å². The van der Waals surface area contributed by atoms with Gasteiger partial charge in [-0.1, -0.05) is 17.7 Å². The SMILES string of the molecule is O=C(c1cncc(O)c1)N1CCN(c2cccc(Cl)c2)CC1. The van der Waals surface area contributed by atoms with E-state index in [0.29, 0.717) is 23.7 Å². The first-order valence-corrected chi connectivity index (χ1v) is 7.45. The lowest BCUT2D eigenvalue weighted by Gasteiger charge is -2.36.